The van der Waals surface area contributed by atoms with Crippen LogP contribution in [0.2, 0.25) is 10.0 Å². The van der Waals surface area contributed by atoms with Crippen molar-refractivity contribution in [3.8, 4) is 0 Å². The Hall–Kier alpha value is -2.93. The first-order valence-electron chi connectivity index (χ1n) is 10.9. The Morgan fingerprint density at radius 3 is 2.15 bits per heavy atom. The molecule has 1 saturated heterocycles. The van der Waals surface area contributed by atoms with Crippen molar-refractivity contribution in [3.63, 3.8) is 0 Å². The SMILES string of the molecule is O=C(c1ccc(Cl)cc1Cl)N1CC[NH+](CCN2C(=O)c3cccc4cccc(c34)C2=O)CC1. The number of hydrogen-bond acceptors (Lipinski definition) is 3. The normalized spacial score (nSPS) is 16.5. The molecule has 1 N–H and O–H groups in total. The van der Waals surface area contributed by atoms with Gasteiger partial charge in [0, 0.05) is 21.5 Å². The number of halogens is 2. The van der Waals surface area contributed by atoms with E-state index < -0.39 is 0 Å². The van der Waals surface area contributed by atoms with Gasteiger partial charge in [0.05, 0.1) is 49.9 Å². The van der Waals surface area contributed by atoms with Crippen LogP contribution in [0, 0.1) is 0 Å². The second kappa shape index (κ2) is 8.78. The highest BCUT2D eigenvalue weighted by atomic mass is 35.5. The molecule has 6 nitrogen and oxygen atoms in total. The van der Waals surface area contributed by atoms with Crippen LogP contribution in [0.1, 0.15) is 31.1 Å². The minimum absolute atomic E-state index is 0.109. The van der Waals surface area contributed by atoms with Gasteiger partial charge in [-0.15, -0.1) is 0 Å². The van der Waals surface area contributed by atoms with Crippen molar-refractivity contribution in [1.82, 2.24) is 9.80 Å². The molecule has 2 aliphatic rings. The fraction of sp³-hybridized carbons (Fsp3) is 0.240. The summed E-state index contributed by atoms with van der Waals surface area (Å²) >= 11 is 12.1. The van der Waals surface area contributed by atoms with Gasteiger partial charge in [-0.25, -0.2) is 0 Å². The highest BCUT2D eigenvalue weighted by molar-refractivity contribution is 6.36. The Bertz CT molecular complexity index is 1230. The number of nitrogens with one attached hydrogen (secondary N) is 1. The van der Waals surface area contributed by atoms with Gasteiger partial charge in [0.25, 0.3) is 17.7 Å². The van der Waals surface area contributed by atoms with E-state index in [0.29, 0.717) is 52.9 Å². The summed E-state index contributed by atoms with van der Waals surface area (Å²) in [6, 6.07) is 16.0. The molecular formula is C25H22Cl2N3O3+. The molecule has 3 aromatic rings. The molecule has 0 saturated carbocycles. The fourth-order valence-corrected chi connectivity index (χ4v) is 5.15. The smallest absolute Gasteiger partial charge is 0.261 e. The van der Waals surface area contributed by atoms with Crippen LogP contribution >= 0.6 is 23.2 Å². The molecule has 2 heterocycles. The minimum atomic E-state index is -0.241. The van der Waals surface area contributed by atoms with Crippen LogP contribution in [0.25, 0.3) is 10.8 Å². The van der Waals surface area contributed by atoms with Gasteiger partial charge in [-0.2, -0.15) is 0 Å². The topological polar surface area (TPSA) is 62.1 Å². The molecule has 0 radical (unpaired) electrons. The van der Waals surface area contributed by atoms with Crippen LogP contribution in [-0.4, -0.2) is 66.8 Å². The lowest BCUT2D eigenvalue weighted by Crippen LogP contribution is -3.15. The first-order chi connectivity index (χ1) is 15.9. The van der Waals surface area contributed by atoms with E-state index in [4.69, 9.17) is 23.2 Å². The van der Waals surface area contributed by atoms with Crippen LogP contribution < -0.4 is 4.90 Å². The first kappa shape index (κ1) is 21.9. The van der Waals surface area contributed by atoms with Crippen LogP contribution in [-0.2, 0) is 0 Å². The van der Waals surface area contributed by atoms with E-state index in [1.54, 1.807) is 35.2 Å². The maximum atomic E-state index is 13.1. The number of imide groups is 1. The number of benzene rings is 3. The molecule has 1 fully saturated rings. The number of piperazine rings is 1. The molecule has 0 unspecified atom stereocenters. The van der Waals surface area contributed by atoms with Crippen molar-refractivity contribution < 1.29 is 19.3 Å². The van der Waals surface area contributed by atoms with Crippen molar-refractivity contribution >= 4 is 51.7 Å². The molecule has 0 spiro atoms. The molecule has 168 valence electrons. The Kier molecular flexibility index (Phi) is 5.83. The summed E-state index contributed by atoms with van der Waals surface area (Å²) in [4.78, 5) is 43.3. The second-order valence-corrected chi connectivity index (χ2v) is 9.23. The molecule has 0 aromatic heterocycles. The minimum Gasteiger partial charge on any atom is -0.331 e. The number of rotatable bonds is 4. The van der Waals surface area contributed by atoms with Crippen molar-refractivity contribution in [2.45, 2.75) is 0 Å². The molecule has 8 heteroatoms. The second-order valence-electron chi connectivity index (χ2n) is 8.39. The third kappa shape index (κ3) is 3.99. The number of carbonyl (C=O) groups excluding carboxylic acids is 3. The summed E-state index contributed by atoms with van der Waals surface area (Å²) in [5, 5.41) is 2.48. The predicted molar refractivity (Wildman–Crippen MR) is 127 cm³/mol. The van der Waals surface area contributed by atoms with Crippen LogP contribution in [0.4, 0.5) is 0 Å². The molecular weight excluding hydrogens is 461 g/mol. The number of quaternary nitrogens is 1. The fourth-order valence-electron chi connectivity index (χ4n) is 4.66. The summed E-state index contributed by atoms with van der Waals surface area (Å²) in [5.41, 5.74) is 1.60. The van der Waals surface area contributed by atoms with Gasteiger partial charge in [-0.3, -0.25) is 19.3 Å². The summed E-state index contributed by atoms with van der Waals surface area (Å²) < 4.78 is 0. The Balaban J connectivity index is 1.22. The van der Waals surface area contributed by atoms with Crippen LogP contribution in [0.15, 0.2) is 54.6 Å². The summed E-state index contributed by atoms with van der Waals surface area (Å²) in [5.74, 6) is -0.591. The molecule has 0 aliphatic carbocycles. The Labute approximate surface area is 201 Å². The van der Waals surface area contributed by atoms with E-state index in [9.17, 15) is 14.4 Å². The van der Waals surface area contributed by atoms with Crippen molar-refractivity contribution in [1.29, 1.82) is 0 Å². The number of hydrogen-bond donors (Lipinski definition) is 1. The Morgan fingerprint density at radius 1 is 0.909 bits per heavy atom. The molecule has 3 amide bonds. The third-order valence-corrected chi connectivity index (χ3v) is 7.01. The van der Waals surface area contributed by atoms with Crippen LogP contribution in [0.3, 0.4) is 0 Å². The Morgan fingerprint density at radius 2 is 1.55 bits per heavy atom. The molecule has 0 atom stereocenters. The average Bonchev–Trinajstić information content (AvgIpc) is 2.82. The van der Waals surface area contributed by atoms with Crippen LogP contribution in [0.5, 0.6) is 0 Å². The van der Waals surface area contributed by atoms with Crippen molar-refractivity contribution in [2.75, 3.05) is 39.3 Å². The third-order valence-electron chi connectivity index (χ3n) is 6.46. The monoisotopic (exact) mass is 482 g/mol. The zero-order chi connectivity index (χ0) is 23.1. The van der Waals surface area contributed by atoms with Gasteiger partial charge < -0.3 is 9.80 Å². The van der Waals surface area contributed by atoms with E-state index in [0.717, 1.165) is 23.9 Å². The lowest BCUT2D eigenvalue weighted by molar-refractivity contribution is -0.903. The van der Waals surface area contributed by atoms with E-state index in [-0.39, 0.29) is 17.7 Å². The maximum Gasteiger partial charge on any atom is 0.261 e. The molecule has 3 aromatic carbocycles. The largest absolute Gasteiger partial charge is 0.331 e. The van der Waals surface area contributed by atoms with Crippen molar-refractivity contribution in [3.05, 3.63) is 81.3 Å². The van der Waals surface area contributed by atoms with E-state index in [1.807, 2.05) is 24.3 Å². The van der Waals surface area contributed by atoms with Gasteiger partial charge in [-0.05, 0) is 35.7 Å². The number of carbonyl (C=O) groups is 3. The summed E-state index contributed by atoms with van der Waals surface area (Å²) in [7, 11) is 0. The quantitative estimate of drug-likeness (QED) is 0.581. The van der Waals surface area contributed by atoms with Gasteiger partial charge >= 0.3 is 0 Å². The van der Waals surface area contributed by atoms with E-state index in [1.165, 1.54) is 9.80 Å². The zero-order valence-corrected chi connectivity index (χ0v) is 19.3. The highest BCUT2D eigenvalue weighted by Gasteiger charge is 2.34. The average molecular weight is 483 g/mol. The lowest BCUT2D eigenvalue weighted by atomic mass is 9.94. The van der Waals surface area contributed by atoms with Gasteiger partial charge in [0.1, 0.15) is 0 Å². The summed E-state index contributed by atoms with van der Waals surface area (Å²) in [6.07, 6.45) is 0. The molecule has 0 bridgehead atoms. The maximum absolute atomic E-state index is 13.1. The molecule has 33 heavy (non-hydrogen) atoms. The van der Waals surface area contributed by atoms with Gasteiger partial charge in [0.2, 0.25) is 0 Å². The predicted octanol–water partition coefficient (Wildman–Crippen LogP) is 2.78. The number of nitrogens with zero attached hydrogens (tertiary/aromatic N) is 2. The van der Waals surface area contributed by atoms with E-state index in [2.05, 4.69) is 0 Å². The van der Waals surface area contributed by atoms with Gasteiger partial charge in [-0.1, -0.05) is 47.5 Å². The van der Waals surface area contributed by atoms with Gasteiger partial charge in [0.15, 0.2) is 0 Å². The molecule has 5 rings (SSSR count). The number of amides is 3. The van der Waals surface area contributed by atoms with E-state index >= 15 is 0 Å². The lowest BCUT2D eigenvalue weighted by Gasteiger charge is -2.34. The highest BCUT2D eigenvalue weighted by Crippen LogP contribution is 2.29. The summed E-state index contributed by atoms with van der Waals surface area (Å²) in [6.45, 7) is 3.61. The van der Waals surface area contributed by atoms with Crippen molar-refractivity contribution in [2.24, 2.45) is 0 Å². The zero-order valence-electron chi connectivity index (χ0n) is 17.8. The standard InChI is InChI=1S/C25H21Cl2N3O3/c26-17-7-8-18(21(27)15-17)23(31)29-12-9-28(10-13-29)11-14-30-24(32)19-5-1-3-16-4-2-6-20(22(16)19)25(30)33/h1-8,15H,9-14H2/p+1. The molecule has 2 aliphatic heterocycles. The first-order valence-corrected chi connectivity index (χ1v) is 11.7.